The van der Waals surface area contributed by atoms with Gasteiger partial charge in [-0.3, -0.25) is 4.98 Å². The van der Waals surface area contributed by atoms with E-state index >= 15 is 0 Å². The van der Waals surface area contributed by atoms with Crippen LogP contribution in [0.15, 0.2) is 18.3 Å². The van der Waals surface area contributed by atoms with Crippen LogP contribution in [0.5, 0.6) is 0 Å². The van der Waals surface area contributed by atoms with Crippen molar-refractivity contribution in [1.82, 2.24) is 10.3 Å². The van der Waals surface area contributed by atoms with Crippen molar-refractivity contribution < 1.29 is 0 Å². The number of pyridine rings is 1. The van der Waals surface area contributed by atoms with Gasteiger partial charge < -0.3 is 10.2 Å². The lowest BCUT2D eigenvalue weighted by atomic mass is 10.1. The van der Waals surface area contributed by atoms with E-state index in [0.717, 1.165) is 38.2 Å². The molecular weight excluding hydrogens is 246 g/mol. The Bertz CT molecular complexity index is 359. The van der Waals surface area contributed by atoms with Gasteiger partial charge in [-0.25, -0.2) is 0 Å². The fraction of sp³-hybridized carbons (Fsp3) is 0.706. The Morgan fingerprint density at radius 1 is 1.20 bits per heavy atom. The monoisotopic (exact) mass is 277 g/mol. The fourth-order valence-electron chi connectivity index (χ4n) is 2.43. The van der Waals surface area contributed by atoms with Crippen LogP contribution in [0.2, 0.25) is 0 Å². The molecule has 0 saturated heterocycles. The summed E-state index contributed by atoms with van der Waals surface area (Å²) in [7, 11) is 0. The number of hydrogen-bond acceptors (Lipinski definition) is 3. The first-order valence-electron chi connectivity index (χ1n) is 8.06. The Hall–Kier alpha value is -1.09. The van der Waals surface area contributed by atoms with Crippen LogP contribution in [0.3, 0.4) is 0 Å². The van der Waals surface area contributed by atoms with E-state index in [1.54, 1.807) is 0 Å². The lowest BCUT2D eigenvalue weighted by Crippen LogP contribution is -2.27. The molecule has 0 aliphatic heterocycles. The predicted molar refractivity (Wildman–Crippen MR) is 88.3 cm³/mol. The smallest absolute Gasteiger partial charge is 0.0574 e. The molecule has 1 aromatic rings. The van der Waals surface area contributed by atoms with E-state index < -0.39 is 0 Å². The topological polar surface area (TPSA) is 28.2 Å². The zero-order chi connectivity index (χ0) is 15.0. The third kappa shape index (κ3) is 5.12. The molecule has 1 rings (SSSR count). The first-order valence-corrected chi connectivity index (χ1v) is 8.06. The Labute approximate surface area is 124 Å². The molecule has 1 unspecified atom stereocenters. The molecule has 0 radical (unpaired) electrons. The Kier molecular flexibility index (Phi) is 7.60. The molecule has 3 heteroatoms. The Morgan fingerprint density at radius 3 is 2.40 bits per heavy atom. The van der Waals surface area contributed by atoms with Gasteiger partial charge in [0.1, 0.15) is 0 Å². The van der Waals surface area contributed by atoms with E-state index in [1.807, 2.05) is 6.20 Å². The number of nitrogens with one attached hydrogen (secondary N) is 1. The molecule has 0 saturated carbocycles. The van der Waals surface area contributed by atoms with E-state index in [2.05, 4.69) is 62.0 Å². The number of aromatic nitrogens is 1. The molecule has 0 aliphatic rings. The molecular formula is C17H31N3. The molecule has 3 nitrogen and oxygen atoms in total. The standard InChI is InChI=1S/C17H31N3/c1-6-11-18-16(7-2)17-10-9-15(12-19-17)20(8-3)13-14(4)5/h9-10,12,14,16,18H,6-8,11,13H2,1-5H3. The summed E-state index contributed by atoms with van der Waals surface area (Å²) in [4.78, 5) is 7.07. The number of nitrogens with zero attached hydrogens (tertiary/aromatic N) is 2. The van der Waals surface area contributed by atoms with Crippen LogP contribution >= 0.6 is 0 Å². The van der Waals surface area contributed by atoms with Crippen LogP contribution < -0.4 is 10.2 Å². The molecule has 114 valence electrons. The van der Waals surface area contributed by atoms with Crippen molar-refractivity contribution in [2.24, 2.45) is 5.92 Å². The van der Waals surface area contributed by atoms with Gasteiger partial charge in [0.25, 0.3) is 0 Å². The second-order valence-corrected chi connectivity index (χ2v) is 5.79. The third-order valence-corrected chi connectivity index (χ3v) is 3.51. The maximum absolute atomic E-state index is 4.67. The maximum atomic E-state index is 4.67. The van der Waals surface area contributed by atoms with Crippen molar-refractivity contribution in [3.05, 3.63) is 24.0 Å². The zero-order valence-electron chi connectivity index (χ0n) is 13.8. The van der Waals surface area contributed by atoms with Gasteiger partial charge in [0.15, 0.2) is 0 Å². The van der Waals surface area contributed by atoms with Gasteiger partial charge in [0, 0.05) is 19.1 Å². The van der Waals surface area contributed by atoms with Gasteiger partial charge in [-0.15, -0.1) is 0 Å². The van der Waals surface area contributed by atoms with Gasteiger partial charge in [-0.1, -0.05) is 27.7 Å². The summed E-state index contributed by atoms with van der Waals surface area (Å²) in [6.45, 7) is 14.3. The van der Waals surface area contributed by atoms with Gasteiger partial charge in [0.2, 0.25) is 0 Å². The van der Waals surface area contributed by atoms with E-state index in [9.17, 15) is 0 Å². The van der Waals surface area contributed by atoms with Crippen molar-refractivity contribution in [2.45, 2.75) is 53.5 Å². The van der Waals surface area contributed by atoms with Crippen molar-refractivity contribution in [3.63, 3.8) is 0 Å². The van der Waals surface area contributed by atoms with Crippen LogP contribution in [-0.4, -0.2) is 24.6 Å². The molecule has 0 fully saturated rings. The maximum Gasteiger partial charge on any atom is 0.0574 e. The normalized spacial score (nSPS) is 12.7. The number of anilines is 1. The van der Waals surface area contributed by atoms with E-state index in [0.29, 0.717) is 12.0 Å². The summed E-state index contributed by atoms with van der Waals surface area (Å²) in [6.07, 6.45) is 4.26. The summed E-state index contributed by atoms with van der Waals surface area (Å²) in [5.41, 5.74) is 2.39. The minimum absolute atomic E-state index is 0.379. The molecule has 0 aliphatic carbocycles. The third-order valence-electron chi connectivity index (χ3n) is 3.51. The van der Waals surface area contributed by atoms with Crippen LogP contribution in [0.25, 0.3) is 0 Å². The predicted octanol–water partition coefficient (Wildman–Crippen LogP) is 4.01. The average molecular weight is 277 g/mol. The Balaban J connectivity index is 2.75. The molecule has 1 aromatic heterocycles. The van der Waals surface area contributed by atoms with Crippen LogP contribution in [0.4, 0.5) is 5.69 Å². The number of rotatable bonds is 9. The highest BCUT2D eigenvalue weighted by Gasteiger charge is 2.11. The number of hydrogen-bond donors (Lipinski definition) is 1. The molecule has 1 heterocycles. The largest absolute Gasteiger partial charge is 0.370 e. The summed E-state index contributed by atoms with van der Waals surface area (Å²) in [5.74, 6) is 0.671. The molecule has 0 spiro atoms. The molecule has 1 atom stereocenters. The van der Waals surface area contributed by atoms with E-state index in [1.165, 1.54) is 5.69 Å². The zero-order valence-corrected chi connectivity index (χ0v) is 13.8. The summed E-state index contributed by atoms with van der Waals surface area (Å²) in [5, 5.41) is 3.55. The lowest BCUT2D eigenvalue weighted by molar-refractivity contribution is 0.507. The first kappa shape index (κ1) is 17.0. The first-order chi connectivity index (χ1) is 9.62. The second kappa shape index (κ2) is 8.96. The highest BCUT2D eigenvalue weighted by molar-refractivity contribution is 5.44. The minimum atomic E-state index is 0.379. The molecule has 0 amide bonds. The quantitative estimate of drug-likeness (QED) is 0.739. The van der Waals surface area contributed by atoms with Crippen LogP contribution in [0.1, 0.15) is 59.2 Å². The lowest BCUT2D eigenvalue weighted by Gasteiger charge is -2.25. The van der Waals surface area contributed by atoms with Gasteiger partial charge in [0.05, 0.1) is 17.6 Å². The molecule has 0 bridgehead atoms. The van der Waals surface area contributed by atoms with Gasteiger partial charge in [-0.2, -0.15) is 0 Å². The summed E-state index contributed by atoms with van der Waals surface area (Å²) in [6, 6.07) is 4.77. The minimum Gasteiger partial charge on any atom is -0.370 e. The van der Waals surface area contributed by atoms with Crippen LogP contribution in [-0.2, 0) is 0 Å². The molecule has 20 heavy (non-hydrogen) atoms. The van der Waals surface area contributed by atoms with E-state index in [4.69, 9.17) is 0 Å². The van der Waals surface area contributed by atoms with E-state index in [-0.39, 0.29) is 0 Å². The van der Waals surface area contributed by atoms with Crippen LogP contribution in [0, 0.1) is 5.92 Å². The van der Waals surface area contributed by atoms with Crippen molar-refractivity contribution in [3.8, 4) is 0 Å². The van der Waals surface area contributed by atoms with Gasteiger partial charge in [-0.05, 0) is 44.4 Å². The molecule has 0 aromatic carbocycles. The van der Waals surface area contributed by atoms with Crippen molar-refractivity contribution in [1.29, 1.82) is 0 Å². The molecule has 1 N–H and O–H groups in total. The van der Waals surface area contributed by atoms with Crippen molar-refractivity contribution >= 4 is 5.69 Å². The Morgan fingerprint density at radius 2 is 1.95 bits per heavy atom. The highest BCUT2D eigenvalue weighted by atomic mass is 15.1. The summed E-state index contributed by atoms with van der Waals surface area (Å²) >= 11 is 0. The second-order valence-electron chi connectivity index (χ2n) is 5.79. The average Bonchev–Trinajstić information content (AvgIpc) is 2.46. The summed E-state index contributed by atoms with van der Waals surface area (Å²) < 4.78 is 0. The fourth-order valence-corrected chi connectivity index (χ4v) is 2.43. The highest BCUT2D eigenvalue weighted by Crippen LogP contribution is 2.19. The van der Waals surface area contributed by atoms with Crippen molar-refractivity contribution in [2.75, 3.05) is 24.5 Å². The van der Waals surface area contributed by atoms with Gasteiger partial charge >= 0.3 is 0 Å². The SMILES string of the molecule is CCCNC(CC)c1ccc(N(CC)CC(C)C)cn1.